The molecule has 1 aromatic rings. The van der Waals surface area contributed by atoms with Crippen molar-refractivity contribution in [3.8, 4) is 5.75 Å². The Morgan fingerprint density at radius 3 is 2.84 bits per heavy atom. The molecule has 1 fully saturated rings. The van der Waals surface area contributed by atoms with Crippen molar-refractivity contribution in [2.75, 3.05) is 7.11 Å². The summed E-state index contributed by atoms with van der Waals surface area (Å²) in [5.74, 6) is 0.881. The van der Waals surface area contributed by atoms with Crippen LogP contribution in [-0.4, -0.2) is 22.7 Å². The fourth-order valence-corrected chi connectivity index (χ4v) is 3.15. The first-order valence-corrected chi connectivity index (χ1v) is 7.15. The molecule has 2 rings (SSSR count). The maximum atomic E-state index is 12.9. The third kappa shape index (κ3) is 2.53. The molecule has 19 heavy (non-hydrogen) atoms. The molecule has 1 unspecified atom stereocenters. The van der Waals surface area contributed by atoms with E-state index < -0.39 is 0 Å². The number of carbonyl (C=O) groups is 1. The van der Waals surface area contributed by atoms with Crippen molar-refractivity contribution in [2.45, 2.75) is 53.0 Å². The average Bonchev–Trinajstić information content (AvgIpc) is 2.80. The Morgan fingerprint density at radius 1 is 1.53 bits per heavy atom. The van der Waals surface area contributed by atoms with Crippen molar-refractivity contribution in [1.29, 1.82) is 0 Å². The van der Waals surface area contributed by atoms with Crippen molar-refractivity contribution in [3.63, 3.8) is 0 Å². The Morgan fingerprint density at radius 2 is 2.26 bits per heavy atom. The molecule has 0 aliphatic heterocycles. The van der Waals surface area contributed by atoms with E-state index in [0.717, 1.165) is 19.3 Å². The van der Waals surface area contributed by atoms with Gasteiger partial charge >= 0.3 is 0 Å². The van der Waals surface area contributed by atoms with Gasteiger partial charge < -0.3 is 4.74 Å². The Labute approximate surface area is 115 Å². The predicted molar refractivity (Wildman–Crippen MR) is 74.5 cm³/mol. The second-order valence-corrected chi connectivity index (χ2v) is 6.03. The molecule has 0 N–H and O–H groups in total. The van der Waals surface area contributed by atoms with Gasteiger partial charge in [-0.2, -0.15) is 5.10 Å². The largest absolute Gasteiger partial charge is 0.493 e. The highest BCUT2D eigenvalue weighted by molar-refractivity contribution is 5.99. The molecule has 0 saturated heterocycles. The van der Waals surface area contributed by atoms with Crippen LogP contribution in [0.1, 0.15) is 56.9 Å². The maximum absolute atomic E-state index is 12.9. The molecule has 0 spiro atoms. The summed E-state index contributed by atoms with van der Waals surface area (Å²) in [5, 5.41) is 4.24. The molecule has 1 aliphatic carbocycles. The van der Waals surface area contributed by atoms with E-state index in [2.05, 4.69) is 18.9 Å². The van der Waals surface area contributed by atoms with Crippen LogP contribution in [0.4, 0.5) is 0 Å². The Bertz CT molecular complexity index is 441. The third-order valence-corrected chi connectivity index (χ3v) is 4.38. The summed E-state index contributed by atoms with van der Waals surface area (Å²) in [7, 11) is 1.60. The summed E-state index contributed by atoms with van der Waals surface area (Å²) in [6.45, 7) is 7.09. The van der Waals surface area contributed by atoms with Crippen molar-refractivity contribution >= 4 is 5.78 Å². The van der Waals surface area contributed by atoms with E-state index in [1.807, 2.05) is 6.92 Å². The number of ketones is 1. The molecule has 106 valence electrons. The van der Waals surface area contributed by atoms with Crippen LogP contribution in [0.3, 0.4) is 0 Å². The summed E-state index contributed by atoms with van der Waals surface area (Å²) < 4.78 is 7.06. The maximum Gasteiger partial charge on any atom is 0.188 e. The zero-order valence-electron chi connectivity index (χ0n) is 12.4. The quantitative estimate of drug-likeness (QED) is 0.784. The normalized spacial score (nSPS) is 22.2. The zero-order valence-corrected chi connectivity index (χ0v) is 12.4. The van der Waals surface area contributed by atoms with Crippen LogP contribution in [0, 0.1) is 11.3 Å². The molecule has 4 heteroatoms. The van der Waals surface area contributed by atoms with Crippen LogP contribution in [0.25, 0.3) is 0 Å². The number of rotatable bonds is 4. The van der Waals surface area contributed by atoms with Gasteiger partial charge in [-0.3, -0.25) is 9.48 Å². The van der Waals surface area contributed by atoms with Crippen LogP contribution < -0.4 is 4.74 Å². The first kappa shape index (κ1) is 14.1. The second kappa shape index (κ2) is 5.35. The molecule has 0 bridgehead atoms. The van der Waals surface area contributed by atoms with Gasteiger partial charge in [-0.1, -0.05) is 26.7 Å². The monoisotopic (exact) mass is 264 g/mol. The van der Waals surface area contributed by atoms with Crippen molar-refractivity contribution in [3.05, 3.63) is 11.9 Å². The molecule has 1 aliphatic rings. The van der Waals surface area contributed by atoms with E-state index in [4.69, 9.17) is 4.74 Å². The van der Waals surface area contributed by atoms with E-state index in [9.17, 15) is 4.79 Å². The van der Waals surface area contributed by atoms with Crippen LogP contribution in [0.2, 0.25) is 0 Å². The van der Waals surface area contributed by atoms with Crippen LogP contribution in [0.5, 0.6) is 5.75 Å². The lowest BCUT2D eigenvalue weighted by Gasteiger charge is -2.37. The van der Waals surface area contributed by atoms with Crippen molar-refractivity contribution in [1.82, 2.24) is 9.78 Å². The molecular formula is C15H24N2O2. The van der Waals surface area contributed by atoms with Gasteiger partial charge in [0.15, 0.2) is 11.5 Å². The molecular weight excluding hydrogens is 240 g/mol. The standard InChI is InChI=1S/C15H24N2O2/c1-5-17-13(12(19-4)10-16-17)14(18)11-8-6-7-9-15(11,2)3/h10-11H,5-9H2,1-4H3. The molecule has 1 heterocycles. The summed E-state index contributed by atoms with van der Waals surface area (Å²) in [5.41, 5.74) is 0.716. The first-order valence-electron chi connectivity index (χ1n) is 7.15. The lowest BCUT2D eigenvalue weighted by atomic mass is 9.66. The molecule has 4 nitrogen and oxygen atoms in total. The minimum absolute atomic E-state index is 0.0726. The van der Waals surface area contributed by atoms with E-state index in [1.54, 1.807) is 18.0 Å². The number of aryl methyl sites for hydroxylation is 1. The van der Waals surface area contributed by atoms with E-state index in [-0.39, 0.29) is 17.1 Å². The molecule has 0 aromatic carbocycles. The SMILES string of the molecule is CCn1ncc(OC)c1C(=O)C1CCCCC1(C)C. The molecule has 1 aromatic heterocycles. The number of Topliss-reactive ketones (excluding diaryl/α,β-unsaturated/α-hetero) is 1. The highest BCUT2D eigenvalue weighted by Gasteiger charge is 2.39. The smallest absolute Gasteiger partial charge is 0.188 e. The highest BCUT2D eigenvalue weighted by Crippen LogP contribution is 2.43. The summed E-state index contributed by atoms with van der Waals surface area (Å²) in [6, 6.07) is 0. The number of hydrogen-bond donors (Lipinski definition) is 0. The molecule has 0 amide bonds. The molecule has 1 atom stereocenters. The Kier molecular flexibility index (Phi) is 3.97. The third-order valence-electron chi connectivity index (χ3n) is 4.38. The average molecular weight is 264 g/mol. The van der Waals surface area contributed by atoms with Gasteiger partial charge in [0.05, 0.1) is 13.3 Å². The van der Waals surface area contributed by atoms with Crippen molar-refractivity contribution in [2.24, 2.45) is 11.3 Å². The number of aromatic nitrogens is 2. The fraction of sp³-hybridized carbons (Fsp3) is 0.733. The minimum Gasteiger partial charge on any atom is -0.493 e. The number of methoxy groups -OCH3 is 1. The second-order valence-electron chi connectivity index (χ2n) is 6.03. The summed E-state index contributed by atoms with van der Waals surface area (Å²) in [4.78, 5) is 12.9. The number of ether oxygens (including phenoxy) is 1. The predicted octanol–water partition coefficient (Wildman–Crippen LogP) is 3.31. The lowest BCUT2D eigenvalue weighted by molar-refractivity contribution is 0.0683. The Balaban J connectivity index is 2.35. The van der Waals surface area contributed by atoms with Gasteiger partial charge in [-0.05, 0) is 25.2 Å². The summed E-state index contributed by atoms with van der Waals surface area (Å²) in [6.07, 6.45) is 6.10. The van der Waals surface area contributed by atoms with E-state index >= 15 is 0 Å². The van der Waals surface area contributed by atoms with Gasteiger partial charge in [-0.15, -0.1) is 0 Å². The number of nitrogens with zero attached hydrogens (tertiary/aromatic N) is 2. The van der Waals surface area contributed by atoms with E-state index in [0.29, 0.717) is 18.0 Å². The van der Waals surface area contributed by atoms with Crippen LogP contribution >= 0.6 is 0 Å². The topological polar surface area (TPSA) is 44.1 Å². The van der Waals surface area contributed by atoms with Gasteiger partial charge in [0, 0.05) is 12.5 Å². The number of hydrogen-bond acceptors (Lipinski definition) is 3. The minimum atomic E-state index is 0.0726. The molecule has 1 saturated carbocycles. The first-order chi connectivity index (χ1) is 9.01. The van der Waals surface area contributed by atoms with Crippen molar-refractivity contribution < 1.29 is 9.53 Å². The van der Waals surface area contributed by atoms with Gasteiger partial charge in [-0.25, -0.2) is 0 Å². The van der Waals surface area contributed by atoms with Gasteiger partial charge in [0.25, 0.3) is 0 Å². The van der Waals surface area contributed by atoms with Gasteiger partial charge in [0.2, 0.25) is 0 Å². The molecule has 0 radical (unpaired) electrons. The lowest BCUT2D eigenvalue weighted by Crippen LogP contribution is -2.35. The highest BCUT2D eigenvalue weighted by atomic mass is 16.5. The van der Waals surface area contributed by atoms with Crippen LogP contribution in [-0.2, 0) is 6.54 Å². The fourth-order valence-electron chi connectivity index (χ4n) is 3.15. The summed E-state index contributed by atoms with van der Waals surface area (Å²) >= 11 is 0. The number of carbonyl (C=O) groups excluding carboxylic acids is 1. The van der Waals surface area contributed by atoms with Crippen LogP contribution in [0.15, 0.2) is 6.20 Å². The Hall–Kier alpha value is -1.32. The van der Waals surface area contributed by atoms with E-state index in [1.165, 1.54) is 6.42 Å². The van der Waals surface area contributed by atoms with Gasteiger partial charge in [0.1, 0.15) is 5.69 Å². The zero-order chi connectivity index (χ0) is 14.0.